The quantitative estimate of drug-likeness (QED) is 0.180. The minimum atomic E-state index is -4.39. The Balaban J connectivity index is 1.47. The van der Waals surface area contributed by atoms with Gasteiger partial charge in [-0.2, -0.15) is 0 Å². The number of benzene rings is 2. The van der Waals surface area contributed by atoms with Crippen LogP contribution < -0.4 is 20.9 Å². The summed E-state index contributed by atoms with van der Waals surface area (Å²) in [6.45, 7) is 1.87. The van der Waals surface area contributed by atoms with Crippen molar-refractivity contribution in [3.8, 4) is 17.1 Å². The first kappa shape index (κ1) is 28.0. The zero-order valence-corrected chi connectivity index (χ0v) is 22.2. The number of aromatic hydroxyl groups is 1. The van der Waals surface area contributed by atoms with Gasteiger partial charge in [0.25, 0.3) is 15.6 Å². The maximum Gasteiger partial charge on any atom is 0.358 e. The number of amides is 3. The second kappa shape index (κ2) is 11.4. The van der Waals surface area contributed by atoms with Gasteiger partial charge in [-0.1, -0.05) is 30.3 Å². The molecule has 0 radical (unpaired) electrons. The van der Waals surface area contributed by atoms with Gasteiger partial charge in [-0.3, -0.25) is 9.59 Å². The standard InChI is InChI=1S/C25H21N5O8S2/c1-13-5-2-3-6-14(13)9-19(31)26-15-7-4-8-16(10-15)40(37,38)30-25(36)27-18-12-39-11-17(18)22-28-20(24(34)35)21(32)23(33)29-22/h2-8,10-12,32H,9H2,1H3,(H,26,31)(H,34,35)(H2,27,30,36)(H,28,29,33). The van der Waals surface area contributed by atoms with E-state index < -0.39 is 39.0 Å². The molecule has 2 aromatic heterocycles. The number of carbonyl (C=O) groups excluding carboxylic acids is 2. The van der Waals surface area contributed by atoms with Crippen molar-refractivity contribution in [1.29, 1.82) is 0 Å². The van der Waals surface area contributed by atoms with Crippen LogP contribution in [0.5, 0.6) is 5.75 Å². The van der Waals surface area contributed by atoms with E-state index in [0.29, 0.717) is 0 Å². The number of nitrogens with zero attached hydrogens (tertiary/aromatic N) is 1. The lowest BCUT2D eigenvalue weighted by Crippen LogP contribution is -2.34. The Labute approximate surface area is 230 Å². The number of aromatic nitrogens is 2. The van der Waals surface area contributed by atoms with E-state index in [1.165, 1.54) is 35.0 Å². The third-order valence-electron chi connectivity index (χ3n) is 5.53. The van der Waals surface area contributed by atoms with E-state index in [2.05, 4.69) is 20.6 Å². The predicted octanol–water partition coefficient (Wildman–Crippen LogP) is 2.90. The fourth-order valence-corrected chi connectivity index (χ4v) is 5.29. The molecule has 0 aliphatic heterocycles. The number of thiophene rings is 1. The maximum atomic E-state index is 12.9. The van der Waals surface area contributed by atoms with E-state index in [1.54, 1.807) is 0 Å². The van der Waals surface area contributed by atoms with Gasteiger partial charge in [-0.05, 0) is 36.2 Å². The first-order valence-electron chi connectivity index (χ1n) is 11.4. The summed E-state index contributed by atoms with van der Waals surface area (Å²) < 4.78 is 27.6. The number of rotatable bonds is 8. The Morgan fingerprint density at radius 3 is 2.52 bits per heavy atom. The number of carboxylic acids is 1. The van der Waals surface area contributed by atoms with E-state index in [-0.39, 0.29) is 40.0 Å². The lowest BCUT2D eigenvalue weighted by molar-refractivity contribution is -0.115. The molecule has 0 spiro atoms. The molecule has 2 heterocycles. The van der Waals surface area contributed by atoms with Gasteiger partial charge in [0.1, 0.15) is 5.82 Å². The van der Waals surface area contributed by atoms with Crippen molar-refractivity contribution in [3.05, 3.63) is 86.5 Å². The molecule has 0 saturated heterocycles. The number of nitrogens with one attached hydrogen (secondary N) is 4. The number of carboxylic acid groups (broad SMARTS) is 1. The molecule has 0 bridgehead atoms. The van der Waals surface area contributed by atoms with Crippen LogP contribution in [0.1, 0.15) is 21.6 Å². The Morgan fingerprint density at radius 1 is 1.05 bits per heavy atom. The summed E-state index contributed by atoms with van der Waals surface area (Å²) in [5.74, 6) is -3.36. The van der Waals surface area contributed by atoms with E-state index in [0.717, 1.165) is 22.5 Å². The molecule has 13 nitrogen and oxygen atoms in total. The SMILES string of the molecule is Cc1ccccc1CC(=O)Nc1cccc(S(=O)(=O)NC(=O)Nc2cscc2-c2nc(C(=O)O)c(O)c(=O)[nH]2)c1. The van der Waals surface area contributed by atoms with E-state index in [4.69, 9.17) is 5.11 Å². The number of aryl methyl sites for hydroxylation is 1. The minimum Gasteiger partial charge on any atom is -0.501 e. The molecular formula is C25H21N5O8S2. The molecule has 206 valence electrons. The second-order valence-electron chi connectivity index (χ2n) is 8.35. The smallest absolute Gasteiger partial charge is 0.358 e. The summed E-state index contributed by atoms with van der Waals surface area (Å²) in [7, 11) is -4.39. The van der Waals surface area contributed by atoms with Gasteiger partial charge in [0.2, 0.25) is 11.7 Å². The molecule has 0 saturated carbocycles. The van der Waals surface area contributed by atoms with Crippen LogP contribution in [0.4, 0.5) is 16.2 Å². The van der Waals surface area contributed by atoms with Gasteiger partial charge in [-0.15, -0.1) is 11.3 Å². The molecule has 0 aliphatic carbocycles. The third-order valence-corrected chi connectivity index (χ3v) is 7.60. The first-order chi connectivity index (χ1) is 18.9. The minimum absolute atomic E-state index is 0.0140. The highest BCUT2D eigenvalue weighted by Gasteiger charge is 2.22. The fraction of sp³-hybridized carbons (Fsp3) is 0.0800. The van der Waals surface area contributed by atoms with Crippen LogP contribution in [0, 0.1) is 6.92 Å². The van der Waals surface area contributed by atoms with Crippen LogP contribution in [0.2, 0.25) is 0 Å². The molecule has 3 amide bonds. The van der Waals surface area contributed by atoms with E-state index in [9.17, 15) is 32.7 Å². The highest BCUT2D eigenvalue weighted by atomic mass is 32.2. The summed E-state index contributed by atoms with van der Waals surface area (Å²) in [6, 6.07) is 11.5. The molecule has 0 atom stereocenters. The van der Waals surface area contributed by atoms with Crippen LogP contribution >= 0.6 is 11.3 Å². The summed E-state index contributed by atoms with van der Waals surface area (Å²) in [5.41, 5.74) is 0.0500. The number of anilines is 2. The predicted molar refractivity (Wildman–Crippen MR) is 146 cm³/mol. The second-order valence-corrected chi connectivity index (χ2v) is 10.8. The lowest BCUT2D eigenvalue weighted by atomic mass is 10.1. The van der Waals surface area contributed by atoms with Crippen molar-refractivity contribution in [3.63, 3.8) is 0 Å². The van der Waals surface area contributed by atoms with Crippen molar-refractivity contribution in [2.24, 2.45) is 0 Å². The first-order valence-corrected chi connectivity index (χ1v) is 13.8. The van der Waals surface area contributed by atoms with Gasteiger partial charge in [0.15, 0.2) is 5.69 Å². The monoisotopic (exact) mass is 583 g/mol. The average molecular weight is 584 g/mol. The number of sulfonamides is 1. The van der Waals surface area contributed by atoms with Gasteiger partial charge < -0.3 is 25.8 Å². The third kappa shape index (κ3) is 6.33. The Morgan fingerprint density at radius 2 is 1.80 bits per heavy atom. The molecule has 4 rings (SSSR count). The Hall–Kier alpha value is -5.02. The van der Waals surface area contributed by atoms with Gasteiger partial charge in [-0.25, -0.2) is 27.7 Å². The van der Waals surface area contributed by atoms with Crippen molar-refractivity contribution in [1.82, 2.24) is 14.7 Å². The number of urea groups is 1. The molecule has 0 aliphatic rings. The highest BCUT2D eigenvalue weighted by Crippen LogP contribution is 2.30. The van der Waals surface area contributed by atoms with Gasteiger partial charge in [0.05, 0.1) is 22.6 Å². The Kier molecular flexibility index (Phi) is 7.97. The number of aromatic amines is 1. The zero-order chi connectivity index (χ0) is 29.0. The molecule has 0 fully saturated rings. The zero-order valence-electron chi connectivity index (χ0n) is 20.6. The fourth-order valence-electron chi connectivity index (χ4n) is 3.58. The summed E-state index contributed by atoms with van der Waals surface area (Å²) >= 11 is 1.05. The average Bonchev–Trinajstić information content (AvgIpc) is 3.34. The lowest BCUT2D eigenvalue weighted by Gasteiger charge is -2.11. The van der Waals surface area contributed by atoms with Crippen LogP contribution in [0.3, 0.4) is 0 Å². The largest absolute Gasteiger partial charge is 0.501 e. The molecule has 0 unspecified atom stereocenters. The molecule has 6 N–H and O–H groups in total. The van der Waals surface area contributed by atoms with Crippen molar-refractivity contribution < 1.29 is 33.0 Å². The number of hydrogen-bond donors (Lipinski definition) is 6. The Bertz CT molecular complexity index is 1800. The van der Waals surface area contributed by atoms with Crippen LogP contribution in [-0.2, 0) is 21.2 Å². The van der Waals surface area contributed by atoms with E-state index in [1.807, 2.05) is 35.9 Å². The molecule has 2 aromatic carbocycles. The van der Waals surface area contributed by atoms with Crippen LogP contribution in [-0.4, -0.2) is 46.5 Å². The van der Waals surface area contributed by atoms with E-state index >= 15 is 0 Å². The summed E-state index contributed by atoms with van der Waals surface area (Å²) in [4.78, 5) is 53.9. The number of carbonyl (C=O) groups is 3. The topological polar surface area (TPSA) is 208 Å². The highest BCUT2D eigenvalue weighted by molar-refractivity contribution is 7.90. The number of H-pyrrole nitrogens is 1. The molecule has 15 heteroatoms. The summed E-state index contributed by atoms with van der Waals surface area (Å²) in [6.07, 6.45) is 0.0857. The maximum absolute atomic E-state index is 12.9. The van der Waals surface area contributed by atoms with Crippen molar-refractivity contribution in [2.45, 2.75) is 18.2 Å². The number of hydrogen-bond acceptors (Lipinski definition) is 9. The van der Waals surface area contributed by atoms with Gasteiger partial charge >= 0.3 is 12.0 Å². The summed E-state index contributed by atoms with van der Waals surface area (Å²) in [5, 5.41) is 26.6. The molecular weight excluding hydrogens is 562 g/mol. The molecule has 4 aromatic rings. The van der Waals surface area contributed by atoms with Crippen LogP contribution in [0.25, 0.3) is 11.4 Å². The normalized spacial score (nSPS) is 11.0. The number of aromatic carboxylic acids is 1. The van der Waals surface area contributed by atoms with Gasteiger partial charge in [0, 0.05) is 16.4 Å². The van der Waals surface area contributed by atoms with Crippen LogP contribution in [0.15, 0.2) is 69.0 Å². The molecule has 40 heavy (non-hydrogen) atoms. The van der Waals surface area contributed by atoms with Crippen molar-refractivity contribution >= 4 is 50.6 Å². The van der Waals surface area contributed by atoms with Crippen molar-refractivity contribution in [2.75, 3.05) is 10.6 Å².